The zero-order valence-electron chi connectivity index (χ0n) is 14.3. The smallest absolute Gasteiger partial charge is 0.144 e. The third-order valence-electron chi connectivity index (χ3n) is 4.27. The summed E-state index contributed by atoms with van der Waals surface area (Å²) in [5, 5.41) is 3.06. The number of halogens is 1. The van der Waals surface area contributed by atoms with Gasteiger partial charge in [0.15, 0.2) is 0 Å². The summed E-state index contributed by atoms with van der Waals surface area (Å²) in [6.07, 6.45) is 3.85. The summed E-state index contributed by atoms with van der Waals surface area (Å²) in [6.45, 7) is 0. The van der Waals surface area contributed by atoms with Crippen LogP contribution in [0.3, 0.4) is 0 Å². The van der Waals surface area contributed by atoms with Crippen molar-refractivity contribution in [3.63, 3.8) is 0 Å². The molecule has 0 saturated carbocycles. The number of fused-ring (bicyclic) bond motifs is 1. The Kier molecular flexibility index (Phi) is 4.46. The SMILES string of the molecule is COc1ccc(Cl)cc1N=Cc1cccn1-c1ccc2ccccc2c1. The van der Waals surface area contributed by atoms with Crippen LogP contribution in [0.25, 0.3) is 16.5 Å². The molecule has 4 aromatic rings. The number of ether oxygens (including phenoxy) is 1. The lowest BCUT2D eigenvalue weighted by atomic mass is 10.1. The van der Waals surface area contributed by atoms with Gasteiger partial charge in [0, 0.05) is 16.9 Å². The molecule has 0 atom stereocenters. The van der Waals surface area contributed by atoms with Gasteiger partial charge in [-0.25, -0.2) is 0 Å². The number of benzene rings is 3. The van der Waals surface area contributed by atoms with Gasteiger partial charge < -0.3 is 9.30 Å². The van der Waals surface area contributed by atoms with E-state index in [0.29, 0.717) is 16.5 Å². The lowest BCUT2D eigenvalue weighted by Gasteiger charge is -2.08. The van der Waals surface area contributed by atoms with Crippen molar-refractivity contribution in [2.75, 3.05) is 7.11 Å². The number of methoxy groups -OCH3 is 1. The maximum Gasteiger partial charge on any atom is 0.144 e. The van der Waals surface area contributed by atoms with Crippen LogP contribution in [0.1, 0.15) is 5.69 Å². The molecule has 1 heterocycles. The van der Waals surface area contributed by atoms with E-state index in [1.165, 1.54) is 10.8 Å². The summed E-state index contributed by atoms with van der Waals surface area (Å²) in [5.74, 6) is 0.689. The predicted octanol–water partition coefficient (Wildman–Crippen LogP) is 6.04. The van der Waals surface area contributed by atoms with Gasteiger partial charge in [0.25, 0.3) is 0 Å². The van der Waals surface area contributed by atoms with Crippen molar-refractivity contribution in [3.8, 4) is 11.4 Å². The summed E-state index contributed by atoms with van der Waals surface area (Å²) in [7, 11) is 1.63. The maximum absolute atomic E-state index is 6.08. The minimum atomic E-state index is 0.628. The Bertz CT molecular complexity index is 1100. The predicted molar refractivity (Wildman–Crippen MR) is 109 cm³/mol. The molecule has 0 amide bonds. The van der Waals surface area contributed by atoms with Gasteiger partial charge in [0.2, 0.25) is 0 Å². The molecule has 0 fully saturated rings. The Morgan fingerprint density at radius 3 is 2.62 bits per heavy atom. The Labute approximate surface area is 157 Å². The van der Waals surface area contributed by atoms with Crippen LogP contribution >= 0.6 is 11.6 Å². The van der Waals surface area contributed by atoms with E-state index < -0.39 is 0 Å². The lowest BCUT2D eigenvalue weighted by Crippen LogP contribution is -1.97. The molecule has 4 heteroatoms. The van der Waals surface area contributed by atoms with Crippen molar-refractivity contribution in [3.05, 3.63) is 89.7 Å². The molecule has 3 aromatic carbocycles. The first-order valence-electron chi connectivity index (χ1n) is 8.29. The summed E-state index contributed by atoms with van der Waals surface area (Å²) in [5.41, 5.74) is 2.77. The van der Waals surface area contributed by atoms with Crippen LogP contribution in [0.5, 0.6) is 5.75 Å². The molecule has 0 aliphatic rings. The van der Waals surface area contributed by atoms with Crippen molar-refractivity contribution in [1.29, 1.82) is 0 Å². The van der Waals surface area contributed by atoms with Crippen molar-refractivity contribution >= 4 is 34.3 Å². The first-order valence-corrected chi connectivity index (χ1v) is 8.66. The van der Waals surface area contributed by atoms with E-state index in [9.17, 15) is 0 Å². The van der Waals surface area contributed by atoms with Gasteiger partial charge >= 0.3 is 0 Å². The molecule has 0 N–H and O–H groups in total. The van der Waals surface area contributed by atoms with E-state index >= 15 is 0 Å². The lowest BCUT2D eigenvalue weighted by molar-refractivity contribution is 0.416. The first kappa shape index (κ1) is 16.4. The number of aromatic nitrogens is 1. The van der Waals surface area contributed by atoms with Crippen LogP contribution in [-0.2, 0) is 0 Å². The molecular formula is C22H17ClN2O. The Morgan fingerprint density at radius 1 is 0.923 bits per heavy atom. The van der Waals surface area contributed by atoms with Gasteiger partial charge in [-0.1, -0.05) is 41.9 Å². The topological polar surface area (TPSA) is 26.5 Å². The van der Waals surface area contributed by atoms with Crippen molar-refractivity contribution in [1.82, 2.24) is 4.57 Å². The van der Waals surface area contributed by atoms with Crippen LogP contribution in [0.15, 0.2) is 84.0 Å². The Balaban J connectivity index is 1.72. The zero-order chi connectivity index (χ0) is 17.9. The van der Waals surface area contributed by atoms with E-state index in [1.807, 2.05) is 36.7 Å². The Morgan fingerprint density at radius 2 is 1.77 bits per heavy atom. The molecule has 0 bridgehead atoms. The van der Waals surface area contributed by atoms with Crippen LogP contribution in [-0.4, -0.2) is 17.9 Å². The molecule has 0 unspecified atom stereocenters. The minimum absolute atomic E-state index is 0.628. The fourth-order valence-corrected chi connectivity index (χ4v) is 3.13. The van der Waals surface area contributed by atoms with Crippen LogP contribution < -0.4 is 4.74 Å². The summed E-state index contributed by atoms with van der Waals surface area (Å²) >= 11 is 6.08. The zero-order valence-corrected chi connectivity index (χ0v) is 15.0. The summed E-state index contributed by atoms with van der Waals surface area (Å²) < 4.78 is 7.46. The normalized spacial score (nSPS) is 11.3. The maximum atomic E-state index is 6.08. The van der Waals surface area contributed by atoms with Gasteiger partial charge in [-0.15, -0.1) is 0 Å². The molecule has 0 spiro atoms. The highest BCUT2D eigenvalue weighted by Crippen LogP contribution is 2.30. The van der Waals surface area contributed by atoms with Gasteiger partial charge in [-0.2, -0.15) is 0 Å². The van der Waals surface area contributed by atoms with Gasteiger partial charge in [-0.3, -0.25) is 4.99 Å². The molecule has 1 aromatic heterocycles. The third-order valence-corrected chi connectivity index (χ3v) is 4.50. The molecular weight excluding hydrogens is 344 g/mol. The fourth-order valence-electron chi connectivity index (χ4n) is 2.96. The van der Waals surface area contributed by atoms with Crippen LogP contribution in [0.4, 0.5) is 5.69 Å². The highest BCUT2D eigenvalue weighted by molar-refractivity contribution is 6.30. The van der Waals surface area contributed by atoms with Gasteiger partial charge in [0.1, 0.15) is 11.4 Å². The van der Waals surface area contributed by atoms with E-state index in [1.54, 1.807) is 19.2 Å². The average molecular weight is 361 g/mol. The van der Waals surface area contributed by atoms with Gasteiger partial charge in [0.05, 0.1) is 19.0 Å². The number of rotatable bonds is 4. The minimum Gasteiger partial charge on any atom is -0.494 e. The second-order valence-corrected chi connectivity index (χ2v) is 6.35. The van der Waals surface area contributed by atoms with Crippen molar-refractivity contribution in [2.24, 2.45) is 4.99 Å². The molecule has 0 saturated heterocycles. The number of hydrogen-bond donors (Lipinski definition) is 0. The van der Waals surface area contributed by atoms with E-state index in [-0.39, 0.29) is 0 Å². The Hall–Kier alpha value is -3.04. The number of nitrogens with zero attached hydrogens (tertiary/aromatic N) is 2. The third kappa shape index (κ3) is 3.22. The molecule has 0 aliphatic heterocycles. The molecule has 0 radical (unpaired) electrons. The monoisotopic (exact) mass is 360 g/mol. The van der Waals surface area contributed by atoms with Gasteiger partial charge in [-0.05, 0) is 53.2 Å². The van der Waals surface area contributed by atoms with Crippen LogP contribution in [0.2, 0.25) is 5.02 Å². The summed E-state index contributed by atoms with van der Waals surface area (Å²) in [4.78, 5) is 4.57. The highest BCUT2D eigenvalue weighted by atomic mass is 35.5. The quantitative estimate of drug-likeness (QED) is 0.407. The number of aliphatic imine (C=N–C) groups is 1. The highest BCUT2D eigenvalue weighted by Gasteiger charge is 2.05. The van der Waals surface area contributed by atoms with E-state index in [2.05, 4.69) is 46.0 Å². The standard InChI is InChI=1S/C22H17ClN2O/c1-26-22-11-9-18(23)14-21(22)24-15-20-7-4-12-25(20)19-10-8-16-5-2-3-6-17(16)13-19/h2-15H,1H3. The second kappa shape index (κ2) is 7.06. The molecule has 0 aliphatic carbocycles. The second-order valence-electron chi connectivity index (χ2n) is 5.91. The van der Waals surface area contributed by atoms with E-state index in [4.69, 9.17) is 16.3 Å². The number of hydrogen-bond acceptors (Lipinski definition) is 2. The largest absolute Gasteiger partial charge is 0.494 e. The average Bonchev–Trinajstić information content (AvgIpc) is 3.14. The molecule has 26 heavy (non-hydrogen) atoms. The van der Waals surface area contributed by atoms with Crippen LogP contribution in [0, 0.1) is 0 Å². The molecule has 4 rings (SSSR count). The van der Waals surface area contributed by atoms with Crippen molar-refractivity contribution < 1.29 is 4.74 Å². The molecule has 128 valence electrons. The summed E-state index contributed by atoms with van der Waals surface area (Å²) in [6, 6.07) is 24.2. The van der Waals surface area contributed by atoms with Crippen molar-refractivity contribution in [2.45, 2.75) is 0 Å². The molecule has 3 nitrogen and oxygen atoms in total. The first-order chi connectivity index (χ1) is 12.7. The fraction of sp³-hybridized carbons (Fsp3) is 0.0455. The van der Waals surface area contributed by atoms with E-state index in [0.717, 1.165) is 11.4 Å².